The van der Waals surface area contributed by atoms with E-state index in [1.165, 1.54) is 36.6 Å². The molecule has 0 spiro atoms. The fourth-order valence-electron chi connectivity index (χ4n) is 3.82. The van der Waals surface area contributed by atoms with Gasteiger partial charge in [0.05, 0.1) is 5.75 Å². The minimum absolute atomic E-state index is 0.100. The zero-order valence-electron chi connectivity index (χ0n) is 16.6. The van der Waals surface area contributed by atoms with Crippen LogP contribution in [0.4, 0.5) is 0 Å². The Bertz CT molecular complexity index is 765. The van der Waals surface area contributed by atoms with Crippen molar-refractivity contribution in [2.24, 2.45) is 5.92 Å². The molecule has 3 rings (SSSR count). The third-order valence-electron chi connectivity index (χ3n) is 5.54. The predicted octanol–water partition coefficient (Wildman–Crippen LogP) is 4.45. The van der Waals surface area contributed by atoms with Gasteiger partial charge in [-0.05, 0) is 51.0 Å². The number of hydrogen-bond donors (Lipinski definition) is 1. The molecule has 1 aliphatic carbocycles. The molecule has 27 heavy (non-hydrogen) atoms. The Balaban J connectivity index is 1.58. The summed E-state index contributed by atoms with van der Waals surface area (Å²) in [6, 6.07) is 8.54. The van der Waals surface area contributed by atoms with E-state index in [0.29, 0.717) is 11.8 Å². The lowest BCUT2D eigenvalue weighted by molar-refractivity contribution is -0.119. The topological polar surface area (TPSA) is 59.8 Å². The van der Waals surface area contributed by atoms with Crippen molar-refractivity contribution in [2.45, 2.75) is 70.6 Å². The fourth-order valence-corrected chi connectivity index (χ4v) is 4.63. The van der Waals surface area contributed by atoms with Gasteiger partial charge in [-0.3, -0.25) is 4.79 Å². The molecule has 1 fully saturated rings. The van der Waals surface area contributed by atoms with E-state index in [9.17, 15) is 4.79 Å². The maximum atomic E-state index is 12.4. The molecule has 1 saturated carbocycles. The predicted molar refractivity (Wildman–Crippen MR) is 111 cm³/mol. The van der Waals surface area contributed by atoms with Crippen LogP contribution >= 0.6 is 11.8 Å². The van der Waals surface area contributed by atoms with Gasteiger partial charge in [0.25, 0.3) is 0 Å². The summed E-state index contributed by atoms with van der Waals surface area (Å²) in [5, 5.41) is 12.7. The summed E-state index contributed by atoms with van der Waals surface area (Å²) in [5.41, 5.74) is 2.27. The third-order valence-corrected chi connectivity index (χ3v) is 6.51. The van der Waals surface area contributed by atoms with Gasteiger partial charge in [0.15, 0.2) is 11.0 Å². The minimum atomic E-state index is 0.100. The second kappa shape index (κ2) is 9.40. The normalized spacial score (nSPS) is 19.8. The van der Waals surface area contributed by atoms with Crippen molar-refractivity contribution in [1.29, 1.82) is 0 Å². The largest absolute Gasteiger partial charge is 0.353 e. The van der Waals surface area contributed by atoms with Crippen molar-refractivity contribution in [3.8, 4) is 11.4 Å². The Kier molecular flexibility index (Phi) is 6.94. The number of carbonyl (C=O) groups is 1. The average Bonchev–Trinajstić information content (AvgIpc) is 3.10. The van der Waals surface area contributed by atoms with Crippen LogP contribution in [-0.4, -0.2) is 32.5 Å². The highest BCUT2D eigenvalue weighted by Crippen LogP contribution is 2.28. The van der Waals surface area contributed by atoms with Crippen molar-refractivity contribution < 1.29 is 4.79 Å². The Morgan fingerprint density at radius 2 is 1.93 bits per heavy atom. The molecular formula is C21H30N4OS. The van der Waals surface area contributed by atoms with Crippen LogP contribution < -0.4 is 5.32 Å². The molecule has 5 nitrogen and oxygen atoms in total. The van der Waals surface area contributed by atoms with E-state index in [0.717, 1.165) is 41.8 Å². The molecule has 146 valence electrons. The van der Waals surface area contributed by atoms with Crippen molar-refractivity contribution in [1.82, 2.24) is 20.1 Å². The van der Waals surface area contributed by atoms with Crippen molar-refractivity contribution >= 4 is 17.7 Å². The van der Waals surface area contributed by atoms with E-state index < -0.39 is 0 Å². The zero-order chi connectivity index (χ0) is 19.2. The molecule has 0 bridgehead atoms. The molecule has 0 aliphatic heterocycles. The van der Waals surface area contributed by atoms with Crippen molar-refractivity contribution in [2.75, 3.05) is 5.75 Å². The first-order valence-electron chi connectivity index (χ1n) is 10.0. The molecule has 6 heteroatoms. The molecule has 1 N–H and O–H groups in total. The van der Waals surface area contributed by atoms with Gasteiger partial charge in [-0.2, -0.15) is 0 Å². The van der Waals surface area contributed by atoms with E-state index >= 15 is 0 Å². The van der Waals surface area contributed by atoms with Crippen LogP contribution in [0, 0.1) is 12.8 Å². The van der Waals surface area contributed by atoms with E-state index in [4.69, 9.17) is 0 Å². The smallest absolute Gasteiger partial charge is 0.230 e. The highest BCUT2D eigenvalue weighted by molar-refractivity contribution is 7.99. The number of amides is 1. The highest BCUT2D eigenvalue weighted by Gasteiger charge is 2.22. The van der Waals surface area contributed by atoms with Crippen molar-refractivity contribution in [3.05, 3.63) is 29.8 Å². The second-order valence-electron chi connectivity index (χ2n) is 7.35. The van der Waals surface area contributed by atoms with E-state index in [2.05, 4.69) is 53.0 Å². The number of aryl methyl sites for hydroxylation is 1. The van der Waals surface area contributed by atoms with Gasteiger partial charge in [0, 0.05) is 18.2 Å². The average molecular weight is 387 g/mol. The molecule has 1 heterocycles. The number of nitrogens with zero attached hydrogens (tertiary/aromatic N) is 3. The Labute approximate surface area is 166 Å². The van der Waals surface area contributed by atoms with Crippen LogP contribution in [0.15, 0.2) is 29.4 Å². The molecule has 0 unspecified atom stereocenters. The molecule has 1 aromatic heterocycles. The summed E-state index contributed by atoms with van der Waals surface area (Å²) in [4.78, 5) is 12.4. The van der Waals surface area contributed by atoms with Crippen LogP contribution in [-0.2, 0) is 11.3 Å². The molecule has 0 atom stereocenters. The molecule has 1 amide bonds. The monoisotopic (exact) mass is 386 g/mol. The van der Waals surface area contributed by atoms with Gasteiger partial charge in [-0.1, -0.05) is 49.4 Å². The summed E-state index contributed by atoms with van der Waals surface area (Å²) in [6.45, 7) is 7.20. The van der Waals surface area contributed by atoms with Gasteiger partial charge in [-0.15, -0.1) is 10.2 Å². The van der Waals surface area contributed by atoms with Gasteiger partial charge in [0.1, 0.15) is 0 Å². The van der Waals surface area contributed by atoms with E-state index in [1.54, 1.807) is 0 Å². The Morgan fingerprint density at radius 1 is 1.19 bits per heavy atom. The second-order valence-corrected chi connectivity index (χ2v) is 8.29. The van der Waals surface area contributed by atoms with Gasteiger partial charge in [-0.25, -0.2) is 0 Å². The summed E-state index contributed by atoms with van der Waals surface area (Å²) in [6.07, 6.45) is 5.94. The number of rotatable bonds is 7. The lowest BCUT2D eigenvalue weighted by atomic mass is 9.84. The highest BCUT2D eigenvalue weighted by atomic mass is 32.2. The zero-order valence-corrected chi connectivity index (χ0v) is 17.4. The van der Waals surface area contributed by atoms with Gasteiger partial charge >= 0.3 is 0 Å². The number of carbonyl (C=O) groups excluding carboxylic acids is 1. The third kappa shape index (κ3) is 4.92. The molecule has 1 aliphatic rings. The first kappa shape index (κ1) is 19.9. The number of hydrogen-bond acceptors (Lipinski definition) is 4. The van der Waals surface area contributed by atoms with Crippen LogP contribution in [0.1, 0.15) is 51.5 Å². The van der Waals surface area contributed by atoms with E-state index in [-0.39, 0.29) is 5.91 Å². The summed E-state index contributed by atoms with van der Waals surface area (Å²) in [5.74, 6) is 2.20. The lowest BCUT2D eigenvalue weighted by Crippen LogP contribution is -2.38. The van der Waals surface area contributed by atoms with Gasteiger partial charge in [0.2, 0.25) is 5.91 Å². The number of benzene rings is 1. The first-order valence-corrected chi connectivity index (χ1v) is 11.0. The maximum Gasteiger partial charge on any atom is 0.230 e. The maximum absolute atomic E-state index is 12.4. The van der Waals surface area contributed by atoms with Gasteiger partial charge < -0.3 is 9.88 Å². The minimum Gasteiger partial charge on any atom is -0.353 e. The summed E-state index contributed by atoms with van der Waals surface area (Å²) < 4.78 is 2.09. The summed E-state index contributed by atoms with van der Waals surface area (Å²) >= 11 is 1.47. The van der Waals surface area contributed by atoms with Crippen molar-refractivity contribution in [3.63, 3.8) is 0 Å². The number of thioether (sulfide) groups is 1. The quantitative estimate of drug-likeness (QED) is 0.714. The van der Waals surface area contributed by atoms with Crippen LogP contribution in [0.3, 0.4) is 0 Å². The SMILES string of the molecule is CCC1CCC(NC(=O)CSc2nnc(-c3ccccc3C)n2CC)CC1. The van der Waals surface area contributed by atoms with E-state index in [1.807, 2.05) is 12.1 Å². The molecule has 0 radical (unpaired) electrons. The van der Waals surface area contributed by atoms with Crippen LogP contribution in [0.25, 0.3) is 11.4 Å². The van der Waals surface area contributed by atoms with Crippen LogP contribution in [0.5, 0.6) is 0 Å². The van der Waals surface area contributed by atoms with Crippen LogP contribution in [0.2, 0.25) is 0 Å². The molecular weight excluding hydrogens is 356 g/mol. The number of nitrogens with one attached hydrogen (secondary N) is 1. The lowest BCUT2D eigenvalue weighted by Gasteiger charge is -2.28. The molecule has 0 saturated heterocycles. The molecule has 1 aromatic carbocycles. The first-order chi connectivity index (χ1) is 13.1. The number of aromatic nitrogens is 3. The Morgan fingerprint density at radius 3 is 2.59 bits per heavy atom. The standard InChI is InChI=1S/C21H30N4OS/c1-4-16-10-12-17(13-11-16)22-19(26)14-27-21-24-23-20(25(21)5-2)18-9-7-6-8-15(18)3/h6-9,16-17H,4-5,10-14H2,1-3H3,(H,22,26). The molecule has 2 aromatic rings. The summed E-state index contributed by atoms with van der Waals surface area (Å²) in [7, 11) is 0. The Hall–Kier alpha value is -1.82. The fraction of sp³-hybridized carbons (Fsp3) is 0.571.